The quantitative estimate of drug-likeness (QED) is 0.493. The predicted octanol–water partition coefficient (Wildman–Crippen LogP) is 4.36. The summed E-state index contributed by atoms with van der Waals surface area (Å²) in [6.07, 6.45) is 1.65. The van der Waals surface area contributed by atoms with Gasteiger partial charge in [-0.15, -0.1) is 0 Å². The molecule has 3 aromatic carbocycles. The zero-order chi connectivity index (χ0) is 19.1. The first-order chi connectivity index (χ1) is 13.1. The lowest BCUT2D eigenvalue weighted by Gasteiger charge is -2.06. The largest absolute Gasteiger partial charge is 0.325 e. The van der Waals surface area contributed by atoms with Crippen molar-refractivity contribution in [2.75, 3.05) is 5.32 Å². The smallest absolute Gasteiger partial charge is 0.240 e. The Morgan fingerprint density at radius 2 is 1.59 bits per heavy atom. The minimum Gasteiger partial charge on any atom is -0.325 e. The number of rotatable bonds is 6. The van der Waals surface area contributed by atoms with Gasteiger partial charge in [-0.3, -0.25) is 9.59 Å². The molecule has 0 fully saturated rings. The van der Waals surface area contributed by atoms with Gasteiger partial charge >= 0.3 is 0 Å². The van der Waals surface area contributed by atoms with Crippen molar-refractivity contribution >= 4 is 46.1 Å². The van der Waals surface area contributed by atoms with Crippen LogP contribution >= 0.6 is 11.6 Å². The zero-order valence-electron chi connectivity index (χ0n) is 14.5. The van der Waals surface area contributed by atoms with E-state index in [1.807, 2.05) is 42.5 Å². The number of hydrogen-bond donors (Lipinski definition) is 2. The van der Waals surface area contributed by atoms with Crippen molar-refractivity contribution in [3.63, 3.8) is 0 Å². The summed E-state index contributed by atoms with van der Waals surface area (Å²) in [5, 5.41) is 9.32. The second-order valence-corrected chi connectivity index (χ2v) is 6.33. The standard InChI is InChI=1S/C21H18ClN3O2/c22-18-7-3-4-8-19(18)24-20(26)11-12-21(27)25-23-14-15-9-10-16-5-1-2-6-17(16)13-15/h1-10,13-14H,11-12H2,(H,24,26)(H,25,27)/b23-14+. The summed E-state index contributed by atoms with van der Waals surface area (Å²) < 4.78 is 0. The predicted molar refractivity (Wildman–Crippen MR) is 109 cm³/mol. The molecule has 0 spiro atoms. The second-order valence-electron chi connectivity index (χ2n) is 5.93. The normalized spacial score (nSPS) is 10.9. The Morgan fingerprint density at radius 3 is 2.41 bits per heavy atom. The van der Waals surface area contributed by atoms with Gasteiger partial charge in [-0.25, -0.2) is 5.43 Å². The van der Waals surface area contributed by atoms with Crippen molar-refractivity contribution in [3.8, 4) is 0 Å². The number of carbonyl (C=O) groups is 2. The third-order valence-corrected chi connectivity index (χ3v) is 4.23. The SMILES string of the molecule is O=C(CCC(=O)Nc1ccccc1Cl)N/N=C/c1ccc2ccccc2c1. The van der Waals surface area contributed by atoms with Crippen LogP contribution in [0.2, 0.25) is 5.02 Å². The summed E-state index contributed by atoms with van der Waals surface area (Å²) in [7, 11) is 0. The molecule has 0 aliphatic heterocycles. The topological polar surface area (TPSA) is 70.6 Å². The first kappa shape index (κ1) is 18.6. The van der Waals surface area contributed by atoms with Gasteiger partial charge in [0.1, 0.15) is 0 Å². The Morgan fingerprint density at radius 1 is 0.889 bits per heavy atom. The van der Waals surface area contributed by atoms with Gasteiger partial charge in [-0.2, -0.15) is 5.10 Å². The molecule has 0 saturated carbocycles. The Hall–Kier alpha value is -3.18. The molecule has 0 aliphatic carbocycles. The Kier molecular flexibility index (Phi) is 6.18. The van der Waals surface area contributed by atoms with Crippen LogP contribution in [0.3, 0.4) is 0 Å². The molecule has 0 radical (unpaired) electrons. The summed E-state index contributed by atoms with van der Waals surface area (Å²) in [6.45, 7) is 0. The van der Waals surface area contributed by atoms with Gasteiger partial charge in [0.25, 0.3) is 0 Å². The fourth-order valence-electron chi connectivity index (χ4n) is 2.53. The van der Waals surface area contributed by atoms with Gasteiger partial charge in [0.2, 0.25) is 11.8 Å². The maximum Gasteiger partial charge on any atom is 0.240 e. The number of amides is 2. The number of nitrogens with zero attached hydrogens (tertiary/aromatic N) is 1. The van der Waals surface area contributed by atoms with Crippen LogP contribution in [0.25, 0.3) is 10.8 Å². The molecular formula is C21H18ClN3O2. The van der Waals surface area contributed by atoms with Crippen LogP contribution in [0.15, 0.2) is 71.8 Å². The summed E-state index contributed by atoms with van der Waals surface area (Å²) in [4.78, 5) is 23.7. The number of hydrazone groups is 1. The van der Waals surface area contributed by atoms with Crippen LogP contribution in [0, 0.1) is 0 Å². The molecular weight excluding hydrogens is 362 g/mol. The molecule has 5 nitrogen and oxygen atoms in total. The number of fused-ring (bicyclic) bond motifs is 1. The average molecular weight is 380 g/mol. The highest BCUT2D eigenvalue weighted by Gasteiger charge is 2.08. The van der Waals surface area contributed by atoms with Crippen molar-refractivity contribution in [1.82, 2.24) is 5.43 Å². The van der Waals surface area contributed by atoms with Crippen molar-refractivity contribution in [2.24, 2.45) is 5.10 Å². The molecule has 0 saturated heterocycles. The number of carbonyl (C=O) groups excluding carboxylic acids is 2. The van der Waals surface area contributed by atoms with E-state index in [-0.39, 0.29) is 24.7 Å². The highest BCUT2D eigenvalue weighted by molar-refractivity contribution is 6.33. The van der Waals surface area contributed by atoms with Crippen LogP contribution in [-0.2, 0) is 9.59 Å². The van der Waals surface area contributed by atoms with Crippen molar-refractivity contribution < 1.29 is 9.59 Å². The Bertz CT molecular complexity index is 1000. The lowest BCUT2D eigenvalue weighted by molar-refractivity contribution is -0.124. The van der Waals surface area contributed by atoms with E-state index >= 15 is 0 Å². The molecule has 136 valence electrons. The van der Waals surface area contributed by atoms with Crippen LogP contribution < -0.4 is 10.7 Å². The minimum absolute atomic E-state index is 0.0331. The number of hydrogen-bond acceptors (Lipinski definition) is 3. The third-order valence-electron chi connectivity index (χ3n) is 3.90. The number of halogens is 1. The maximum atomic E-state index is 11.9. The summed E-state index contributed by atoms with van der Waals surface area (Å²) >= 11 is 5.98. The summed E-state index contributed by atoms with van der Waals surface area (Å²) in [5.41, 5.74) is 3.84. The first-order valence-corrected chi connectivity index (χ1v) is 8.85. The van der Waals surface area contributed by atoms with Crippen LogP contribution in [-0.4, -0.2) is 18.0 Å². The molecule has 6 heteroatoms. The van der Waals surface area contributed by atoms with Crippen LogP contribution in [0.1, 0.15) is 18.4 Å². The van der Waals surface area contributed by atoms with Crippen LogP contribution in [0.4, 0.5) is 5.69 Å². The van der Waals surface area contributed by atoms with E-state index in [4.69, 9.17) is 11.6 Å². The fourth-order valence-corrected chi connectivity index (χ4v) is 2.71. The average Bonchev–Trinajstić information content (AvgIpc) is 2.68. The van der Waals surface area contributed by atoms with Crippen molar-refractivity contribution in [1.29, 1.82) is 0 Å². The molecule has 3 aromatic rings. The minimum atomic E-state index is -0.332. The highest BCUT2D eigenvalue weighted by atomic mass is 35.5. The van der Waals surface area contributed by atoms with Gasteiger partial charge in [-0.1, -0.05) is 60.1 Å². The molecule has 0 heterocycles. The van der Waals surface area contributed by atoms with Gasteiger partial charge in [0.05, 0.1) is 16.9 Å². The van der Waals surface area contributed by atoms with E-state index in [0.29, 0.717) is 10.7 Å². The zero-order valence-corrected chi connectivity index (χ0v) is 15.2. The lowest BCUT2D eigenvalue weighted by atomic mass is 10.1. The highest BCUT2D eigenvalue weighted by Crippen LogP contribution is 2.20. The molecule has 0 unspecified atom stereocenters. The molecule has 2 amide bonds. The molecule has 2 N–H and O–H groups in total. The monoisotopic (exact) mass is 379 g/mol. The fraction of sp³-hybridized carbons (Fsp3) is 0.0952. The van der Waals surface area contributed by atoms with E-state index < -0.39 is 0 Å². The van der Waals surface area contributed by atoms with Gasteiger partial charge in [0.15, 0.2) is 0 Å². The molecule has 3 rings (SSSR count). The summed E-state index contributed by atoms with van der Waals surface area (Å²) in [6, 6.07) is 20.9. The maximum absolute atomic E-state index is 11.9. The number of benzene rings is 3. The van der Waals surface area contributed by atoms with Gasteiger partial charge in [0, 0.05) is 12.8 Å². The van der Waals surface area contributed by atoms with E-state index in [0.717, 1.165) is 16.3 Å². The molecule has 0 atom stereocenters. The number of anilines is 1. The number of para-hydroxylation sites is 1. The van der Waals surface area contributed by atoms with E-state index in [9.17, 15) is 9.59 Å². The van der Waals surface area contributed by atoms with E-state index in [1.165, 1.54) is 0 Å². The number of nitrogens with one attached hydrogen (secondary N) is 2. The lowest BCUT2D eigenvalue weighted by Crippen LogP contribution is -2.20. The molecule has 0 bridgehead atoms. The molecule has 0 aromatic heterocycles. The van der Waals surface area contributed by atoms with Crippen LogP contribution in [0.5, 0.6) is 0 Å². The van der Waals surface area contributed by atoms with Crippen molar-refractivity contribution in [3.05, 3.63) is 77.3 Å². The van der Waals surface area contributed by atoms with E-state index in [2.05, 4.69) is 15.8 Å². The van der Waals surface area contributed by atoms with E-state index in [1.54, 1.807) is 30.5 Å². The summed E-state index contributed by atoms with van der Waals surface area (Å²) in [5.74, 6) is -0.613. The third kappa shape index (κ3) is 5.39. The van der Waals surface area contributed by atoms with Gasteiger partial charge < -0.3 is 5.32 Å². The first-order valence-electron chi connectivity index (χ1n) is 8.47. The van der Waals surface area contributed by atoms with Crippen molar-refractivity contribution in [2.45, 2.75) is 12.8 Å². The second kappa shape index (κ2) is 8.96. The Balaban J connectivity index is 1.46. The molecule has 27 heavy (non-hydrogen) atoms. The van der Waals surface area contributed by atoms with Gasteiger partial charge in [-0.05, 0) is 34.5 Å². The molecule has 0 aliphatic rings. The Labute approximate surface area is 162 Å².